The topological polar surface area (TPSA) is 81.9 Å². The van der Waals surface area contributed by atoms with Crippen LogP contribution in [0.25, 0.3) is 0 Å². The highest BCUT2D eigenvalue weighted by Gasteiger charge is 2.45. The van der Waals surface area contributed by atoms with Crippen LogP contribution in [0.2, 0.25) is 0 Å². The lowest BCUT2D eigenvalue weighted by Gasteiger charge is -2.21. The smallest absolute Gasteiger partial charge is 0.243 e. The highest BCUT2D eigenvalue weighted by molar-refractivity contribution is 7.89. The molecular weight excluding hydrogens is 304 g/mol. The maximum Gasteiger partial charge on any atom is 0.243 e. The van der Waals surface area contributed by atoms with Crippen molar-refractivity contribution in [1.82, 2.24) is 4.31 Å². The highest BCUT2D eigenvalue weighted by Crippen LogP contribution is 2.40. The van der Waals surface area contributed by atoms with E-state index in [1.54, 1.807) is 22.5 Å². The van der Waals surface area contributed by atoms with Crippen molar-refractivity contribution >= 4 is 10.0 Å². The average Bonchev–Trinajstić information content (AvgIpc) is 3.10. The zero-order valence-electron chi connectivity index (χ0n) is 12.3. The molecule has 1 aromatic carbocycles. The second-order valence-electron chi connectivity index (χ2n) is 6.29. The maximum absolute atomic E-state index is 12.8. The van der Waals surface area contributed by atoms with E-state index in [9.17, 15) is 8.42 Å². The maximum atomic E-state index is 12.8. The Bertz CT molecular complexity index is 691. The summed E-state index contributed by atoms with van der Waals surface area (Å²) in [6, 6.07) is 4.96. The molecule has 2 fully saturated rings. The van der Waals surface area contributed by atoms with Crippen LogP contribution in [0.5, 0.6) is 11.5 Å². The molecule has 0 amide bonds. The molecule has 7 heteroatoms. The number of hydrogen-bond acceptors (Lipinski definition) is 5. The number of ether oxygens (including phenoxy) is 2. The summed E-state index contributed by atoms with van der Waals surface area (Å²) in [5, 5.41) is 0. The molecule has 2 N–H and O–H groups in total. The first kappa shape index (κ1) is 14.3. The Kier molecular flexibility index (Phi) is 3.32. The van der Waals surface area contributed by atoms with Gasteiger partial charge in [0.25, 0.3) is 0 Å². The van der Waals surface area contributed by atoms with Gasteiger partial charge in [-0.3, -0.25) is 0 Å². The van der Waals surface area contributed by atoms with E-state index in [0.29, 0.717) is 49.6 Å². The normalized spacial score (nSPS) is 31.2. The molecule has 1 aromatic rings. The molecule has 120 valence electrons. The minimum absolute atomic E-state index is 0.130. The van der Waals surface area contributed by atoms with E-state index in [0.717, 1.165) is 12.8 Å². The Hall–Kier alpha value is -1.31. The molecule has 4 rings (SSSR count). The SMILES string of the molecule is NC1CCC2CN(S(=O)(=O)c3ccc4c(c3)OCCO4)CC12. The predicted molar refractivity (Wildman–Crippen MR) is 80.4 cm³/mol. The molecular formula is C15H20N2O4S. The molecule has 1 saturated carbocycles. The molecule has 0 aromatic heterocycles. The third-order valence-corrected chi connectivity index (χ3v) is 6.86. The van der Waals surface area contributed by atoms with E-state index in [1.165, 1.54) is 0 Å². The summed E-state index contributed by atoms with van der Waals surface area (Å²) < 4.78 is 38.2. The minimum atomic E-state index is -3.50. The minimum Gasteiger partial charge on any atom is -0.486 e. The van der Waals surface area contributed by atoms with E-state index in [4.69, 9.17) is 15.2 Å². The molecule has 1 aliphatic carbocycles. The molecule has 0 radical (unpaired) electrons. The van der Waals surface area contributed by atoms with Gasteiger partial charge in [-0.15, -0.1) is 0 Å². The van der Waals surface area contributed by atoms with Crippen LogP contribution in [0.15, 0.2) is 23.1 Å². The number of rotatable bonds is 2. The Balaban J connectivity index is 1.61. The van der Waals surface area contributed by atoms with Crippen LogP contribution in [0.3, 0.4) is 0 Å². The van der Waals surface area contributed by atoms with Crippen molar-refractivity contribution < 1.29 is 17.9 Å². The molecule has 0 bridgehead atoms. The zero-order chi connectivity index (χ0) is 15.3. The third kappa shape index (κ3) is 2.19. The second-order valence-corrected chi connectivity index (χ2v) is 8.23. The van der Waals surface area contributed by atoms with Gasteiger partial charge in [-0.25, -0.2) is 8.42 Å². The molecule has 0 spiro atoms. The molecule has 3 aliphatic rings. The predicted octanol–water partition coefficient (Wildman–Crippen LogP) is 0.816. The summed E-state index contributed by atoms with van der Waals surface area (Å²) in [5.74, 6) is 1.81. The van der Waals surface area contributed by atoms with Gasteiger partial charge in [0, 0.05) is 25.2 Å². The van der Waals surface area contributed by atoms with E-state index in [2.05, 4.69) is 0 Å². The van der Waals surface area contributed by atoms with Crippen LogP contribution in [0.1, 0.15) is 12.8 Å². The van der Waals surface area contributed by atoms with Gasteiger partial charge < -0.3 is 15.2 Å². The van der Waals surface area contributed by atoms with Gasteiger partial charge in [0.2, 0.25) is 10.0 Å². The molecule has 2 aliphatic heterocycles. The molecule has 2 heterocycles. The Morgan fingerprint density at radius 2 is 1.86 bits per heavy atom. The van der Waals surface area contributed by atoms with Crippen LogP contribution >= 0.6 is 0 Å². The van der Waals surface area contributed by atoms with Crippen LogP contribution in [-0.2, 0) is 10.0 Å². The molecule has 3 unspecified atom stereocenters. The lowest BCUT2D eigenvalue weighted by molar-refractivity contribution is 0.171. The average molecular weight is 324 g/mol. The molecule has 3 atom stereocenters. The molecule has 6 nitrogen and oxygen atoms in total. The van der Waals surface area contributed by atoms with Crippen molar-refractivity contribution in [2.24, 2.45) is 17.6 Å². The van der Waals surface area contributed by atoms with Gasteiger partial charge in [-0.05, 0) is 36.8 Å². The van der Waals surface area contributed by atoms with Crippen LogP contribution in [0, 0.1) is 11.8 Å². The van der Waals surface area contributed by atoms with Gasteiger partial charge in [0.1, 0.15) is 13.2 Å². The number of nitrogens with two attached hydrogens (primary N) is 1. The van der Waals surface area contributed by atoms with Crippen molar-refractivity contribution in [3.05, 3.63) is 18.2 Å². The number of sulfonamides is 1. The zero-order valence-corrected chi connectivity index (χ0v) is 13.1. The summed E-state index contributed by atoms with van der Waals surface area (Å²) in [6.07, 6.45) is 2.03. The van der Waals surface area contributed by atoms with Crippen molar-refractivity contribution in [2.75, 3.05) is 26.3 Å². The fourth-order valence-corrected chi connectivity index (χ4v) is 5.35. The summed E-state index contributed by atoms with van der Waals surface area (Å²) >= 11 is 0. The lowest BCUT2D eigenvalue weighted by atomic mass is 9.98. The van der Waals surface area contributed by atoms with Gasteiger partial charge in [-0.2, -0.15) is 4.31 Å². The fourth-order valence-electron chi connectivity index (χ4n) is 3.80. The highest BCUT2D eigenvalue weighted by atomic mass is 32.2. The van der Waals surface area contributed by atoms with Gasteiger partial charge in [0.05, 0.1) is 4.90 Å². The van der Waals surface area contributed by atoms with Crippen LogP contribution in [0.4, 0.5) is 0 Å². The van der Waals surface area contributed by atoms with Gasteiger partial charge >= 0.3 is 0 Å². The van der Waals surface area contributed by atoms with Crippen molar-refractivity contribution in [3.8, 4) is 11.5 Å². The van der Waals surface area contributed by atoms with E-state index in [1.807, 2.05) is 0 Å². The first-order valence-electron chi connectivity index (χ1n) is 7.71. The van der Waals surface area contributed by atoms with E-state index >= 15 is 0 Å². The summed E-state index contributed by atoms with van der Waals surface area (Å²) in [6.45, 7) is 2.05. The summed E-state index contributed by atoms with van der Waals surface area (Å²) in [4.78, 5) is 0.269. The van der Waals surface area contributed by atoms with Crippen LogP contribution < -0.4 is 15.2 Å². The monoisotopic (exact) mass is 324 g/mol. The number of fused-ring (bicyclic) bond motifs is 2. The quantitative estimate of drug-likeness (QED) is 0.871. The van der Waals surface area contributed by atoms with Gasteiger partial charge in [-0.1, -0.05) is 0 Å². The first-order valence-corrected chi connectivity index (χ1v) is 9.15. The molecule has 1 saturated heterocycles. The third-order valence-electron chi connectivity index (χ3n) is 5.03. The summed E-state index contributed by atoms with van der Waals surface area (Å²) in [5.41, 5.74) is 6.10. The van der Waals surface area contributed by atoms with E-state index < -0.39 is 10.0 Å². The Labute approximate surface area is 130 Å². The van der Waals surface area contributed by atoms with Gasteiger partial charge in [0.15, 0.2) is 11.5 Å². The lowest BCUT2D eigenvalue weighted by Crippen LogP contribution is -2.33. The van der Waals surface area contributed by atoms with Crippen LogP contribution in [-0.4, -0.2) is 45.1 Å². The Morgan fingerprint density at radius 3 is 2.64 bits per heavy atom. The van der Waals surface area contributed by atoms with Crippen molar-refractivity contribution in [3.63, 3.8) is 0 Å². The number of benzene rings is 1. The summed E-state index contributed by atoms with van der Waals surface area (Å²) in [7, 11) is -3.50. The van der Waals surface area contributed by atoms with Crippen molar-refractivity contribution in [1.29, 1.82) is 0 Å². The largest absolute Gasteiger partial charge is 0.486 e. The number of hydrogen-bond donors (Lipinski definition) is 1. The number of nitrogens with zero attached hydrogens (tertiary/aromatic N) is 1. The standard InChI is InChI=1S/C15H20N2O4S/c16-13-3-1-10-8-17(9-12(10)13)22(18,19)11-2-4-14-15(7-11)21-6-5-20-14/h2,4,7,10,12-13H,1,3,5-6,8-9,16H2. The van der Waals surface area contributed by atoms with Crippen molar-refractivity contribution in [2.45, 2.75) is 23.8 Å². The molecule has 22 heavy (non-hydrogen) atoms. The van der Waals surface area contributed by atoms with E-state index in [-0.39, 0.29) is 10.9 Å². The Morgan fingerprint density at radius 1 is 1.09 bits per heavy atom. The first-order chi connectivity index (χ1) is 10.6. The fraction of sp³-hybridized carbons (Fsp3) is 0.600. The second kappa shape index (κ2) is 5.11.